The molecule has 0 heterocycles. The number of benzene rings is 2. The number of halogens is 2. The molecule has 0 saturated carbocycles. The van der Waals surface area contributed by atoms with Gasteiger partial charge in [0.15, 0.2) is 0 Å². The number of hydrogen-bond donors (Lipinski definition) is 1. The molecule has 2 aromatic carbocycles. The molecule has 2 aromatic rings. The van der Waals surface area contributed by atoms with Crippen molar-refractivity contribution in [2.45, 2.75) is 30.0 Å². The SMILES string of the molecule is CC(N)Cc1ccc(Br)cc1SCc1ccc(Cl)cc1. The van der Waals surface area contributed by atoms with Crippen molar-refractivity contribution >= 4 is 39.3 Å². The summed E-state index contributed by atoms with van der Waals surface area (Å²) in [6, 6.07) is 14.6. The zero-order valence-electron chi connectivity index (χ0n) is 11.3. The number of nitrogens with two attached hydrogens (primary N) is 1. The van der Waals surface area contributed by atoms with Gasteiger partial charge in [-0.2, -0.15) is 0 Å². The molecule has 0 aliphatic rings. The maximum absolute atomic E-state index is 5.92. The van der Waals surface area contributed by atoms with Gasteiger partial charge in [0, 0.05) is 26.2 Å². The molecule has 106 valence electrons. The molecule has 0 spiro atoms. The fourth-order valence-corrected chi connectivity index (χ4v) is 3.62. The van der Waals surface area contributed by atoms with Crippen LogP contribution in [0.3, 0.4) is 0 Å². The average molecular weight is 371 g/mol. The van der Waals surface area contributed by atoms with Crippen molar-refractivity contribution in [3.05, 3.63) is 63.1 Å². The van der Waals surface area contributed by atoms with Gasteiger partial charge >= 0.3 is 0 Å². The maximum atomic E-state index is 5.92. The van der Waals surface area contributed by atoms with E-state index in [2.05, 4.69) is 46.3 Å². The Hall–Kier alpha value is -0.480. The van der Waals surface area contributed by atoms with Gasteiger partial charge in [-0.1, -0.05) is 45.7 Å². The van der Waals surface area contributed by atoms with Gasteiger partial charge in [0.05, 0.1) is 0 Å². The molecule has 0 aliphatic heterocycles. The predicted octanol–water partition coefficient (Wildman–Crippen LogP) is 5.28. The quantitative estimate of drug-likeness (QED) is 0.724. The van der Waals surface area contributed by atoms with Gasteiger partial charge in [-0.15, -0.1) is 11.8 Å². The molecule has 0 radical (unpaired) electrons. The van der Waals surface area contributed by atoms with Crippen LogP contribution in [0.2, 0.25) is 5.02 Å². The second-order valence-corrected chi connectivity index (χ2v) is 7.22. The molecule has 20 heavy (non-hydrogen) atoms. The van der Waals surface area contributed by atoms with E-state index < -0.39 is 0 Å². The van der Waals surface area contributed by atoms with Gasteiger partial charge in [-0.25, -0.2) is 0 Å². The first-order chi connectivity index (χ1) is 9.54. The van der Waals surface area contributed by atoms with Gasteiger partial charge in [0.1, 0.15) is 0 Å². The maximum Gasteiger partial charge on any atom is 0.0406 e. The fraction of sp³-hybridized carbons (Fsp3) is 0.250. The zero-order valence-corrected chi connectivity index (χ0v) is 14.4. The molecule has 0 bridgehead atoms. The van der Waals surface area contributed by atoms with Crippen LogP contribution in [0.1, 0.15) is 18.1 Å². The summed E-state index contributed by atoms with van der Waals surface area (Å²) in [6.07, 6.45) is 0.899. The molecule has 4 heteroatoms. The van der Waals surface area contributed by atoms with Crippen molar-refractivity contribution in [3.8, 4) is 0 Å². The minimum atomic E-state index is 0.172. The summed E-state index contributed by atoms with van der Waals surface area (Å²) in [7, 11) is 0. The highest BCUT2D eigenvalue weighted by Crippen LogP contribution is 2.30. The molecule has 1 nitrogen and oxygen atoms in total. The Balaban J connectivity index is 2.11. The third-order valence-corrected chi connectivity index (χ3v) is 4.79. The topological polar surface area (TPSA) is 26.0 Å². The standard InChI is InChI=1S/C16H17BrClNS/c1-11(19)8-13-4-5-14(17)9-16(13)20-10-12-2-6-15(18)7-3-12/h2-7,9,11H,8,10,19H2,1H3. The number of rotatable bonds is 5. The molecule has 0 saturated heterocycles. The molecule has 0 aliphatic carbocycles. The highest BCUT2D eigenvalue weighted by Gasteiger charge is 2.07. The van der Waals surface area contributed by atoms with E-state index in [0.717, 1.165) is 21.7 Å². The Morgan fingerprint density at radius 2 is 1.90 bits per heavy atom. The van der Waals surface area contributed by atoms with Crippen LogP contribution in [0.4, 0.5) is 0 Å². The second-order valence-electron chi connectivity index (χ2n) is 4.85. The Bertz CT molecular complexity index is 569. The Morgan fingerprint density at radius 3 is 2.55 bits per heavy atom. The lowest BCUT2D eigenvalue weighted by Gasteiger charge is -2.12. The molecular weight excluding hydrogens is 354 g/mol. The van der Waals surface area contributed by atoms with Crippen LogP contribution in [0.25, 0.3) is 0 Å². The first kappa shape index (κ1) is 15.9. The van der Waals surface area contributed by atoms with Gasteiger partial charge in [-0.05, 0) is 48.7 Å². The minimum Gasteiger partial charge on any atom is -0.328 e. The van der Waals surface area contributed by atoms with Crippen molar-refractivity contribution in [1.82, 2.24) is 0 Å². The van der Waals surface area contributed by atoms with Gasteiger partial charge in [-0.3, -0.25) is 0 Å². The lowest BCUT2D eigenvalue weighted by atomic mass is 10.1. The molecule has 0 amide bonds. The van der Waals surface area contributed by atoms with E-state index in [1.165, 1.54) is 16.0 Å². The van der Waals surface area contributed by atoms with Crippen molar-refractivity contribution in [2.24, 2.45) is 5.73 Å². The van der Waals surface area contributed by atoms with Crippen LogP contribution < -0.4 is 5.73 Å². The van der Waals surface area contributed by atoms with Crippen LogP contribution >= 0.6 is 39.3 Å². The summed E-state index contributed by atoms with van der Waals surface area (Å²) >= 11 is 11.3. The molecule has 0 fully saturated rings. The molecule has 1 atom stereocenters. The summed E-state index contributed by atoms with van der Waals surface area (Å²) in [5.41, 5.74) is 8.50. The second kappa shape index (κ2) is 7.51. The van der Waals surface area contributed by atoms with E-state index in [1.807, 2.05) is 30.8 Å². The van der Waals surface area contributed by atoms with Crippen LogP contribution in [0, 0.1) is 0 Å². The van der Waals surface area contributed by atoms with E-state index in [9.17, 15) is 0 Å². The van der Waals surface area contributed by atoms with Gasteiger partial charge in [0.2, 0.25) is 0 Å². The monoisotopic (exact) mass is 369 g/mol. The van der Waals surface area contributed by atoms with Gasteiger partial charge < -0.3 is 5.73 Å². The van der Waals surface area contributed by atoms with Gasteiger partial charge in [0.25, 0.3) is 0 Å². The van der Waals surface area contributed by atoms with Crippen LogP contribution in [0.15, 0.2) is 51.8 Å². The van der Waals surface area contributed by atoms with E-state index in [4.69, 9.17) is 17.3 Å². The first-order valence-electron chi connectivity index (χ1n) is 6.46. The lowest BCUT2D eigenvalue weighted by molar-refractivity contribution is 0.729. The lowest BCUT2D eigenvalue weighted by Crippen LogP contribution is -2.18. The minimum absolute atomic E-state index is 0.172. The average Bonchev–Trinajstić information content (AvgIpc) is 2.40. The Kier molecular flexibility index (Phi) is 5.97. The third-order valence-electron chi connectivity index (χ3n) is 2.88. The Labute approximate surface area is 138 Å². The van der Waals surface area contributed by atoms with Crippen LogP contribution in [-0.2, 0) is 12.2 Å². The summed E-state index contributed by atoms with van der Waals surface area (Å²) < 4.78 is 1.10. The highest BCUT2D eigenvalue weighted by molar-refractivity contribution is 9.10. The smallest absolute Gasteiger partial charge is 0.0406 e. The van der Waals surface area contributed by atoms with Crippen molar-refractivity contribution in [2.75, 3.05) is 0 Å². The summed E-state index contributed by atoms with van der Waals surface area (Å²) in [5.74, 6) is 0.930. The third kappa shape index (κ3) is 4.81. The molecule has 2 rings (SSSR count). The van der Waals surface area contributed by atoms with Crippen LogP contribution in [-0.4, -0.2) is 6.04 Å². The Morgan fingerprint density at radius 1 is 1.20 bits per heavy atom. The van der Waals surface area contributed by atoms with E-state index in [0.29, 0.717) is 0 Å². The largest absolute Gasteiger partial charge is 0.328 e. The van der Waals surface area contributed by atoms with Crippen molar-refractivity contribution in [1.29, 1.82) is 0 Å². The first-order valence-corrected chi connectivity index (χ1v) is 8.61. The predicted molar refractivity (Wildman–Crippen MR) is 92.5 cm³/mol. The van der Waals surface area contributed by atoms with Crippen LogP contribution in [0.5, 0.6) is 0 Å². The van der Waals surface area contributed by atoms with E-state index in [1.54, 1.807) is 0 Å². The summed E-state index contributed by atoms with van der Waals surface area (Å²) in [6.45, 7) is 2.04. The summed E-state index contributed by atoms with van der Waals surface area (Å²) in [5, 5.41) is 0.777. The normalized spacial score (nSPS) is 12.4. The fourth-order valence-electron chi connectivity index (χ4n) is 1.92. The van der Waals surface area contributed by atoms with Crippen molar-refractivity contribution < 1.29 is 0 Å². The van der Waals surface area contributed by atoms with Crippen molar-refractivity contribution in [3.63, 3.8) is 0 Å². The summed E-state index contributed by atoms with van der Waals surface area (Å²) in [4.78, 5) is 1.28. The molecule has 1 unspecified atom stereocenters. The van der Waals surface area contributed by atoms with E-state index in [-0.39, 0.29) is 6.04 Å². The van der Waals surface area contributed by atoms with E-state index >= 15 is 0 Å². The molecule has 0 aromatic heterocycles. The number of hydrogen-bond acceptors (Lipinski definition) is 2. The molecule has 2 N–H and O–H groups in total. The highest BCUT2D eigenvalue weighted by atomic mass is 79.9. The molecular formula is C16H17BrClNS. The zero-order chi connectivity index (χ0) is 14.5. The number of thioether (sulfide) groups is 1.